The number of ether oxygens (including phenoxy) is 1. The molecule has 0 radical (unpaired) electrons. The van der Waals surface area contributed by atoms with E-state index in [4.69, 9.17) is 4.74 Å². The monoisotopic (exact) mass is 527 g/mol. The number of hydrogen-bond acceptors (Lipinski definition) is 5. The number of benzene rings is 2. The predicted octanol–water partition coefficient (Wildman–Crippen LogP) is 5.87. The molecular weight excluding hydrogens is 486 g/mol. The van der Waals surface area contributed by atoms with E-state index in [2.05, 4.69) is 10.6 Å². The van der Waals surface area contributed by atoms with Gasteiger partial charge >= 0.3 is 6.09 Å². The normalized spacial score (nSPS) is 12.8. The highest BCUT2D eigenvalue weighted by Gasteiger charge is 2.36. The zero-order valence-corrected chi connectivity index (χ0v) is 23.9. The lowest BCUT2D eigenvalue weighted by Gasteiger charge is -2.34. The smallest absolute Gasteiger partial charge is 0.408 e. The number of hydrogen-bond donors (Lipinski definition) is 2. The van der Waals surface area contributed by atoms with Crippen molar-refractivity contribution in [2.24, 2.45) is 0 Å². The number of carbonyl (C=O) groups is 3. The Hall–Kier alpha value is -3.00. The third-order valence-corrected chi connectivity index (χ3v) is 6.31. The lowest BCUT2D eigenvalue weighted by atomic mass is 10.00. The van der Waals surface area contributed by atoms with E-state index < -0.39 is 23.8 Å². The number of nitrogens with zero attached hydrogens (tertiary/aromatic N) is 1. The summed E-state index contributed by atoms with van der Waals surface area (Å²) in [6.07, 6.45) is 2.36. The van der Waals surface area contributed by atoms with Gasteiger partial charge in [0.15, 0.2) is 0 Å². The number of anilines is 1. The van der Waals surface area contributed by atoms with Crippen LogP contribution >= 0.6 is 11.8 Å². The van der Waals surface area contributed by atoms with Crippen LogP contribution in [0.15, 0.2) is 48.5 Å². The molecule has 3 amide bonds. The van der Waals surface area contributed by atoms with Gasteiger partial charge in [-0.25, -0.2) is 4.79 Å². The first-order chi connectivity index (χ1) is 17.5. The molecule has 0 aliphatic rings. The van der Waals surface area contributed by atoms with Gasteiger partial charge in [-0.3, -0.25) is 9.59 Å². The molecule has 0 saturated carbocycles. The van der Waals surface area contributed by atoms with Gasteiger partial charge in [0.1, 0.15) is 17.7 Å². The molecule has 0 bridgehead atoms. The van der Waals surface area contributed by atoms with Crippen LogP contribution in [0.1, 0.15) is 63.3 Å². The van der Waals surface area contributed by atoms with Crippen LogP contribution in [0.2, 0.25) is 0 Å². The van der Waals surface area contributed by atoms with E-state index in [0.29, 0.717) is 36.4 Å². The summed E-state index contributed by atoms with van der Waals surface area (Å²) in [6, 6.07) is 13.5. The van der Waals surface area contributed by atoms with Gasteiger partial charge in [0.05, 0.1) is 0 Å². The molecule has 2 rings (SSSR count). The highest BCUT2D eigenvalue weighted by Crippen LogP contribution is 2.27. The van der Waals surface area contributed by atoms with Gasteiger partial charge in [0.2, 0.25) is 5.91 Å². The van der Waals surface area contributed by atoms with Crippen molar-refractivity contribution in [3.8, 4) is 0 Å². The summed E-state index contributed by atoms with van der Waals surface area (Å²) in [5.41, 5.74) is 2.63. The minimum Gasteiger partial charge on any atom is -0.444 e. The standard InChI is InChI=1S/C29H41N3O4S/c1-8-17-32(27(34)24(16-18-37-7)31-28(35)36-29(4,5)6)25(22-14-11-12-20(2)19-22)26(33)30-23-15-10-9-13-21(23)3/h9-15,19,24-25H,8,16-18H2,1-7H3,(H,30,33)(H,31,35). The molecule has 202 valence electrons. The largest absolute Gasteiger partial charge is 0.444 e. The summed E-state index contributed by atoms with van der Waals surface area (Å²) in [5.74, 6) is 0.0484. The van der Waals surface area contributed by atoms with E-state index in [1.54, 1.807) is 37.4 Å². The molecular formula is C29H41N3O4S. The van der Waals surface area contributed by atoms with Gasteiger partial charge in [0.25, 0.3) is 5.91 Å². The molecule has 0 heterocycles. The lowest BCUT2D eigenvalue weighted by molar-refractivity contribution is -0.140. The Morgan fingerprint density at radius 2 is 1.76 bits per heavy atom. The summed E-state index contributed by atoms with van der Waals surface area (Å²) in [4.78, 5) is 42.1. The van der Waals surface area contributed by atoms with Crippen molar-refractivity contribution in [1.29, 1.82) is 0 Å². The zero-order valence-electron chi connectivity index (χ0n) is 23.1. The van der Waals surface area contributed by atoms with E-state index in [9.17, 15) is 14.4 Å². The number of para-hydroxylation sites is 1. The van der Waals surface area contributed by atoms with Crippen molar-refractivity contribution in [2.45, 2.75) is 72.1 Å². The van der Waals surface area contributed by atoms with Crippen molar-refractivity contribution in [3.05, 3.63) is 65.2 Å². The average Bonchev–Trinajstić information content (AvgIpc) is 2.81. The molecule has 7 nitrogen and oxygen atoms in total. The summed E-state index contributed by atoms with van der Waals surface area (Å²) >= 11 is 1.59. The number of thioether (sulfide) groups is 1. The molecule has 8 heteroatoms. The number of rotatable bonds is 11. The minimum atomic E-state index is -0.871. The van der Waals surface area contributed by atoms with Gasteiger partial charge in [0, 0.05) is 12.2 Å². The summed E-state index contributed by atoms with van der Waals surface area (Å²) in [7, 11) is 0. The number of carbonyl (C=O) groups excluding carboxylic acids is 3. The topological polar surface area (TPSA) is 87.7 Å². The Morgan fingerprint density at radius 3 is 2.35 bits per heavy atom. The van der Waals surface area contributed by atoms with E-state index in [0.717, 1.165) is 11.1 Å². The van der Waals surface area contributed by atoms with Gasteiger partial charge in [-0.2, -0.15) is 11.8 Å². The van der Waals surface area contributed by atoms with Crippen molar-refractivity contribution in [2.75, 3.05) is 23.9 Å². The molecule has 2 atom stereocenters. The molecule has 0 saturated heterocycles. The van der Waals surface area contributed by atoms with Crippen molar-refractivity contribution >= 4 is 35.4 Å². The Morgan fingerprint density at radius 1 is 1.05 bits per heavy atom. The van der Waals surface area contributed by atoms with Crippen LogP contribution < -0.4 is 10.6 Å². The summed E-state index contributed by atoms with van der Waals surface area (Å²) in [5, 5.41) is 5.79. The third-order valence-electron chi connectivity index (χ3n) is 5.67. The molecule has 0 aromatic heterocycles. The summed E-state index contributed by atoms with van der Waals surface area (Å²) < 4.78 is 5.43. The lowest BCUT2D eigenvalue weighted by Crippen LogP contribution is -2.52. The maximum Gasteiger partial charge on any atom is 0.408 e. The second-order valence-electron chi connectivity index (χ2n) is 10.1. The number of amides is 3. The van der Waals surface area contributed by atoms with Crippen LogP contribution in [-0.2, 0) is 14.3 Å². The molecule has 37 heavy (non-hydrogen) atoms. The summed E-state index contributed by atoms with van der Waals surface area (Å²) in [6.45, 7) is 11.5. The van der Waals surface area contributed by atoms with Gasteiger partial charge in [-0.15, -0.1) is 0 Å². The van der Waals surface area contributed by atoms with Crippen molar-refractivity contribution in [3.63, 3.8) is 0 Å². The fourth-order valence-corrected chi connectivity index (χ4v) is 4.45. The number of alkyl carbamates (subject to hydrolysis) is 1. The maximum absolute atomic E-state index is 14.0. The Bertz CT molecular complexity index is 1070. The SMILES string of the molecule is CCCN(C(=O)C(CCSC)NC(=O)OC(C)(C)C)C(C(=O)Nc1ccccc1C)c1cccc(C)c1. The van der Waals surface area contributed by atoms with Crippen LogP contribution in [0.25, 0.3) is 0 Å². The fourth-order valence-electron chi connectivity index (χ4n) is 3.98. The highest BCUT2D eigenvalue weighted by molar-refractivity contribution is 7.98. The Kier molecular flexibility index (Phi) is 11.5. The predicted molar refractivity (Wildman–Crippen MR) is 152 cm³/mol. The molecule has 2 aromatic carbocycles. The van der Waals surface area contributed by atoms with Crippen LogP contribution in [0.5, 0.6) is 0 Å². The van der Waals surface area contributed by atoms with E-state index in [1.165, 1.54) is 0 Å². The fraction of sp³-hybridized carbons (Fsp3) is 0.483. The minimum absolute atomic E-state index is 0.303. The van der Waals surface area contributed by atoms with Gasteiger partial charge < -0.3 is 20.3 Å². The molecule has 0 spiro atoms. The molecule has 2 N–H and O–H groups in total. The van der Waals surface area contributed by atoms with E-state index in [1.807, 2.05) is 75.6 Å². The highest BCUT2D eigenvalue weighted by atomic mass is 32.2. The molecule has 0 fully saturated rings. The zero-order chi connectivity index (χ0) is 27.6. The van der Waals surface area contributed by atoms with Crippen molar-refractivity contribution in [1.82, 2.24) is 10.2 Å². The second kappa shape index (κ2) is 14.1. The molecule has 0 aliphatic carbocycles. The second-order valence-corrected chi connectivity index (χ2v) is 11.1. The van der Waals surface area contributed by atoms with E-state index in [-0.39, 0.29) is 11.8 Å². The van der Waals surface area contributed by atoms with Crippen molar-refractivity contribution < 1.29 is 19.1 Å². The van der Waals surface area contributed by atoms with Gasteiger partial charge in [-0.1, -0.05) is 55.0 Å². The number of nitrogens with one attached hydrogen (secondary N) is 2. The van der Waals surface area contributed by atoms with Crippen LogP contribution in [-0.4, -0.2) is 53.0 Å². The molecule has 2 unspecified atom stereocenters. The first-order valence-corrected chi connectivity index (χ1v) is 14.1. The van der Waals surface area contributed by atoms with Crippen LogP contribution in [0.3, 0.4) is 0 Å². The Balaban J connectivity index is 2.48. The number of aryl methyl sites for hydroxylation is 2. The van der Waals surface area contributed by atoms with E-state index >= 15 is 0 Å². The van der Waals surface area contributed by atoms with Crippen LogP contribution in [0, 0.1) is 13.8 Å². The average molecular weight is 528 g/mol. The first kappa shape index (κ1) is 30.2. The molecule has 0 aliphatic heterocycles. The first-order valence-electron chi connectivity index (χ1n) is 12.7. The quantitative estimate of drug-likeness (QED) is 0.382. The maximum atomic E-state index is 14.0. The van der Waals surface area contributed by atoms with Gasteiger partial charge in [-0.05, 0) is 76.7 Å². The Labute approximate surface area is 225 Å². The molecule has 2 aromatic rings. The third kappa shape index (κ3) is 9.43. The van der Waals surface area contributed by atoms with Crippen LogP contribution in [0.4, 0.5) is 10.5 Å².